The molecule has 0 bridgehead atoms. The second-order valence-corrected chi connectivity index (χ2v) is 5.06. The third-order valence-electron chi connectivity index (χ3n) is 3.59. The number of alkyl halides is 3. The first-order valence-corrected chi connectivity index (χ1v) is 6.33. The Bertz CT molecular complexity index is 462. The monoisotopic (exact) mass is 271 g/mol. The van der Waals surface area contributed by atoms with Crippen LogP contribution in [-0.2, 0) is 6.18 Å². The number of carbonyl (C=O) groups excluding carboxylic acids is 1. The number of carbonyl (C=O) groups is 1. The fourth-order valence-corrected chi connectivity index (χ4v) is 2.38. The third kappa shape index (κ3) is 3.08. The Hall–Kier alpha value is -1.52. The van der Waals surface area contributed by atoms with Crippen molar-refractivity contribution in [1.29, 1.82) is 0 Å². The minimum Gasteiger partial charge on any atom is -0.371 e. The van der Waals surface area contributed by atoms with Gasteiger partial charge in [-0.3, -0.25) is 4.79 Å². The zero-order chi connectivity index (χ0) is 14.0. The molecule has 0 aliphatic carbocycles. The Kier molecular flexibility index (Phi) is 3.83. The van der Waals surface area contributed by atoms with Gasteiger partial charge in [0.1, 0.15) is 6.29 Å². The van der Waals surface area contributed by atoms with Crippen LogP contribution in [0.3, 0.4) is 0 Å². The molecule has 2 nitrogen and oxygen atoms in total. The number of hydrogen-bond donors (Lipinski definition) is 0. The molecule has 0 amide bonds. The van der Waals surface area contributed by atoms with Crippen molar-refractivity contribution in [2.24, 2.45) is 5.92 Å². The minimum atomic E-state index is -4.43. The molecule has 0 radical (unpaired) electrons. The molecule has 1 aromatic carbocycles. The van der Waals surface area contributed by atoms with Gasteiger partial charge < -0.3 is 4.90 Å². The van der Waals surface area contributed by atoms with Crippen LogP contribution in [0.15, 0.2) is 18.2 Å². The normalized spacial score (nSPS) is 17.6. The number of hydrogen-bond acceptors (Lipinski definition) is 2. The lowest BCUT2D eigenvalue weighted by molar-refractivity contribution is -0.137. The fraction of sp³-hybridized carbons (Fsp3) is 0.500. The van der Waals surface area contributed by atoms with Gasteiger partial charge in [-0.05, 0) is 37.0 Å². The van der Waals surface area contributed by atoms with Crippen molar-refractivity contribution in [3.8, 4) is 0 Å². The minimum absolute atomic E-state index is 0.0569. The van der Waals surface area contributed by atoms with E-state index in [4.69, 9.17) is 0 Å². The Balaban J connectivity index is 2.36. The molecule has 0 aromatic heterocycles. The van der Waals surface area contributed by atoms with E-state index in [9.17, 15) is 18.0 Å². The summed E-state index contributed by atoms with van der Waals surface area (Å²) in [5.41, 5.74) is -0.474. The van der Waals surface area contributed by atoms with E-state index in [1.165, 1.54) is 12.1 Å². The molecule has 1 aliphatic heterocycles. The van der Waals surface area contributed by atoms with E-state index in [0.29, 0.717) is 25.3 Å². The summed E-state index contributed by atoms with van der Waals surface area (Å²) in [6.07, 6.45) is -2.20. The number of benzene rings is 1. The molecular formula is C14H16F3NO. The van der Waals surface area contributed by atoms with Crippen LogP contribution in [-0.4, -0.2) is 19.4 Å². The van der Waals surface area contributed by atoms with Crippen molar-refractivity contribution in [2.75, 3.05) is 18.0 Å². The van der Waals surface area contributed by atoms with Gasteiger partial charge in [-0.25, -0.2) is 0 Å². The van der Waals surface area contributed by atoms with E-state index in [1.54, 1.807) is 4.90 Å². The highest BCUT2D eigenvalue weighted by molar-refractivity contribution is 5.77. The second kappa shape index (κ2) is 5.23. The first kappa shape index (κ1) is 13.9. The predicted octanol–water partition coefficient (Wildman–Crippen LogP) is 3.75. The smallest absolute Gasteiger partial charge is 0.371 e. The highest BCUT2D eigenvalue weighted by Gasteiger charge is 2.35. The molecule has 19 heavy (non-hydrogen) atoms. The highest BCUT2D eigenvalue weighted by atomic mass is 19.4. The predicted molar refractivity (Wildman–Crippen MR) is 67.4 cm³/mol. The Morgan fingerprint density at radius 1 is 1.26 bits per heavy atom. The van der Waals surface area contributed by atoms with E-state index in [-0.39, 0.29) is 11.3 Å². The average Bonchev–Trinajstić information content (AvgIpc) is 2.38. The van der Waals surface area contributed by atoms with Gasteiger partial charge in [-0.1, -0.05) is 6.92 Å². The van der Waals surface area contributed by atoms with Crippen LogP contribution in [0.25, 0.3) is 0 Å². The Morgan fingerprint density at radius 2 is 1.89 bits per heavy atom. The summed E-state index contributed by atoms with van der Waals surface area (Å²) >= 11 is 0. The second-order valence-electron chi connectivity index (χ2n) is 5.06. The SMILES string of the molecule is CC1CCN(c2ccc(C=O)cc2C(F)(F)F)CC1. The third-order valence-corrected chi connectivity index (χ3v) is 3.59. The molecule has 0 unspecified atom stereocenters. The first-order valence-electron chi connectivity index (χ1n) is 6.33. The molecular weight excluding hydrogens is 255 g/mol. The molecule has 1 heterocycles. The van der Waals surface area contributed by atoms with Crippen molar-refractivity contribution in [2.45, 2.75) is 25.9 Å². The molecule has 2 rings (SSSR count). The summed E-state index contributed by atoms with van der Waals surface area (Å²) < 4.78 is 39.2. The van der Waals surface area contributed by atoms with Crippen molar-refractivity contribution in [3.63, 3.8) is 0 Å². The molecule has 104 valence electrons. The lowest BCUT2D eigenvalue weighted by atomic mass is 9.97. The number of piperidine rings is 1. The van der Waals surface area contributed by atoms with Gasteiger partial charge >= 0.3 is 6.18 Å². The van der Waals surface area contributed by atoms with Gasteiger partial charge in [0, 0.05) is 24.3 Å². The molecule has 0 saturated carbocycles. The molecule has 1 fully saturated rings. The summed E-state index contributed by atoms with van der Waals surface area (Å²) in [6.45, 7) is 3.37. The molecule has 1 saturated heterocycles. The van der Waals surface area contributed by atoms with Gasteiger partial charge in [0.15, 0.2) is 0 Å². The molecule has 0 N–H and O–H groups in total. The maximum Gasteiger partial charge on any atom is 0.418 e. The highest BCUT2D eigenvalue weighted by Crippen LogP contribution is 2.38. The largest absolute Gasteiger partial charge is 0.418 e. The van der Waals surface area contributed by atoms with E-state index in [2.05, 4.69) is 6.92 Å². The van der Waals surface area contributed by atoms with E-state index in [1.807, 2.05) is 0 Å². The van der Waals surface area contributed by atoms with Crippen molar-refractivity contribution < 1.29 is 18.0 Å². The van der Waals surface area contributed by atoms with Gasteiger partial charge in [0.25, 0.3) is 0 Å². The molecule has 0 atom stereocenters. The van der Waals surface area contributed by atoms with E-state index in [0.717, 1.165) is 18.9 Å². The van der Waals surface area contributed by atoms with Crippen LogP contribution in [0.2, 0.25) is 0 Å². The van der Waals surface area contributed by atoms with Gasteiger partial charge in [-0.15, -0.1) is 0 Å². The zero-order valence-corrected chi connectivity index (χ0v) is 10.7. The van der Waals surface area contributed by atoms with E-state index < -0.39 is 11.7 Å². The summed E-state index contributed by atoms with van der Waals surface area (Å²) in [7, 11) is 0. The molecule has 1 aliphatic rings. The van der Waals surface area contributed by atoms with Crippen molar-refractivity contribution in [3.05, 3.63) is 29.3 Å². The van der Waals surface area contributed by atoms with Crippen LogP contribution in [0.5, 0.6) is 0 Å². The Morgan fingerprint density at radius 3 is 2.42 bits per heavy atom. The number of rotatable bonds is 2. The maximum atomic E-state index is 13.1. The van der Waals surface area contributed by atoms with Crippen LogP contribution >= 0.6 is 0 Å². The number of aldehydes is 1. The topological polar surface area (TPSA) is 20.3 Å². The lowest BCUT2D eigenvalue weighted by Crippen LogP contribution is -2.34. The first-order chi connectivity index (χ1) is 8.91. The standard InChI is InChI=1S/C14H16F3NO/c1-10-4-6-18(7-5-10)13-3-2-11(9-19)8-12(13)14(15,16)17/h2-3,8-10H,4-7H2,1H3. The molecule has 5 heteroatoms. The van der Waals surface area contributed by atoms with E-state index >= 15 is 0 Å². The fourth-order valence-electron chi connectivity index (χ4n) is 2.38. The average molecular weight is 271 g/mol. The lowest BCUT2D eigenvalue weighted by Gasteiger charge is -2.33. The van der Waals surface area contributed by atoms with Crippen LogP contribution in [0.4, 0.5) is 18.9 Å². The molecule has 0 spiro atoms. The maximum absolute atomic E-state index is 13.1. The van der Waals surface area contributed by atoms with Crippen LogP contribution in [0.1, 0.15) is 35.7 Å². The van der Waals surface area contributed by atoms with Crippen molar-refractivity contribution >= 4 is 12.0 Å². The quantitative estimate of drug-likeness (QED) is 0.763. The van der Waals surface area contributed by atoms with Gasteiger partial charge in [0.2, 0.25) is 0 Å². The summed E-state index contributed by atoms with van der Waals surface area (Å²) in [4.78, 5) is 12.4. The summed E-state index contributed by atoms with van der Waals surface area (Å²) in [6, 6.07) is 3.78. The van der Waals surface area contributed by atoms with Gasteiger partial charge in [-0.2, -0.15) is 13.2 Å². The number of halogens is 3. The molecule has 1 aromatic rings. The van der Waals surface area contributed by atoms with Crippen LogP contribution < -0.4 is 4.90 Å². The van der Waals surface area contributed by atoms with Gasteiger partial charge in [0.05, 0.1) is 5.56 Å². The summed E-state index contributed by atoms with van der Waals surface area (Å²) in [5, 5.41) is 0. The number of anilines is 1. The summed E-state index contributed by atoms with van der Waals surface area (Å²) in [5.74, 6) is 0.555. The van der Waals surface area contributed by atoms with Crippen molar-refractivity contribution in [1.82, 2.24) is 0 Å². The number of nitrogens with zero attached hydrogens (tertiary/aromatic N) is 1. The Labute approximate surface area is 110 Å². The zero-order valence-electron chi connectivity index (χ0n) is 10.7. The van der Waals surface area contributed by atoms with Crippen LogP contribution in [0, 0.1) is 5.92 Å².